The summed E-state index contributed by atoms with van der Waals surface area (Å²) in [6.07, 6.45) is -0.558. The van der Waals surface area contributed by atoms with Crippen LogP contribution >= 0.6 is 0 Å². The summed E-state index contributed by atoms with van der Waals surface area (Å²) >= 11 is 0. The van der Waals surface area contributed by atoms with Crippen LogP contribution in [0.4, 0.5) is 0 Å². The van der Waals surface area contributed by atoms with Crippen molar-refractivity contribution in [3.8, 4) is 0 Å². The van der Waals surface area contributed by atoms with E-state index >= 15 is 0 Å². The van der Waals surface area contributed by atoms with Gasteiger partial charge in [0.1, 0.15) is 24.4 Å². The second-order valence-electron chi connectivity index (χ2n) is 10.3. The Morgan fingerprint density at radius 3 is 2.36 bits per heavy atom. The number of aliphatic hydroxyl groups is 5. The van der Waals surface area contributed by atoms with Gasteiger partial charge in [-0.1, -0.05) is 13.3 Å². The smallest absolute Gasteiger partial charge is 0.187 e. The highest BCUT2D eigenvalue weighted by Crippen LogP contribution is 2.57. The van der Waals surface area contributed by atoms with Gasteiger partial charge in [-0.25, -0.2) is 0 Å². The zero-order chi connectivity index (χ0) is 20.9. The van der Waals surface area contributed by atoms with E-state index in [0.29, 0.717) is 0 Å². The van der Waals surface area contributed by atoms with Crippen LogP contribution < -0.4 is 0 Å². The first-order valence-corrected chi connectivity index (χ1v) is 10.6. The Labute approximate surface area is 167 Å². The van der Waals surface area contributed by atoms with E-state index in [-0.39, 0.29) is 17.3 Å². The molecule has 1 heterocycles. The zero-order valence-corrected chi connectivity index (χ0v) is 17.5. The van der Waals surface area contributed by atoms with Crippen LogP contribution in [0.3, 0.4) is 0 Å². The Balaban J connectivity index is 1.72. The van der Waals surface area contributed by atoms with Gasteiger partial charge < -0.3 is 35.0 Å². The Kier molecular flexibility index (Phi) is 6.21. The van der Waals surface area contributed by atoms with Gasteiger partial charge in [-0.2, -0.15) is 0 Å². The molecule has 0 radical (unpaired) electrons. The first-order chi connectivity index (χ1) is 12.9. The molecule has 1 unspecified atom stereocenters. The van der Waals surface area contributed by atoms with Gasteiger partial charge in [0.15, 0.2) is 6.29 Å². The molecule has 7 heteroatoms. The molecule has 3 fully saturated rings. The normalized spacial score (nSPS) is 50.2. The van der Waals surface area contributed by atoms with Crippen molar-refractivity contribution in [2.75, 3.05) is 6.61 Å². The molecule has 9 atom stereocenters. The number of hydrogen-bond acceptors (Lipinski definition) is 7. The summed E-state index contributed by atoms with van der Waals surface area (Å²) in [6, 6.07) is 0. The van der Waals surface area contributed by atoms with E-state index < -0.39 is 48.5 Å². The van der Waals surface area contributed by atoms with E-state index in [9.17, 15) is 25.5 Å². The van der Waals surface area contributed by atoms with Crippen molar-refractivity contribution in [3.63, 3.8) is 0 Å². The fraction of sp³-hybridized carbons (Fsp3) is 1.00. The van der Waals surface area contributed by atoms with E-state index in [1.807, 2.05) is 20.8 Å². The molecule has 0 amide bonds. The molecule has 0 aromatic rings. The molecule has 28 heavy (non-hydrogen) atoms. The third-order valence-corrected chi connectivity index (χ3v) is 7.86. The highest BCUT2D eigenvalue weighted by atomic mass is 16.7. The fourth-order valence-electron chi connectivity index (χ4n) is 5.88. The second-order valence-corrected chi connectivity index (χ2v) is 10.3. The van der Waals surface area contributed by atoms with Crippen molar-refractivity contribution in [2.45, 2.75) is 108 Å². The molecule has 164 valence electrons. The van der Waals surface area contributed by atoms with E-state index in [1.165, 1.54) is 0 Å². The summed E-state index contributed by atoms with van der Waals surface area (Å²) in [6.45, 7) is 7.65. The molecule has 0 aromatic carbocycles. The van der Waals surface area contributed by atoms with Gasteiger partial charge in [0.25, 0.3) is 0 Å². The molecule has 7 nitrogen and oxygen atoms in total. The molecule has 3 rings (SSSR count). The summed E-state index contributed by atoms with van der Waals surface area (Å²) in [5.74, 6) is 0.340. The predicted molar refractivity (Wildman–Crippen MR) is 102 cm³/mol. The number of hydrogen-bond donors (Lipinski definition) is 5. The summed E-state index contributed by atoms with van der Waals surface area (Å²) in [4.78, 5) is 0. The minimum absolute atomic E-state index is 0.136. The van der Waals surface area contributed by atoms with Crippen molar-refractivity contribution in [3.05, 3.63) is 0 Å². The average Bonchev–Trinajstić information content (AvgIpc) is 2.61. The van der Waals surface area contributed by atoms with Crippen molar-refractivity contribution in [2.24, 2.45) is 17.3 Å². The van der Waals surface area contributed by atoms with E-state index in [0.717, 1.165) is 38.5 Å². The minimum Gasteiger partial charge on any atom is -0.394 e. The van der Waals surface area contributed by atoms with Gasteiger partial charge in [0.2, 0.25) is 0 Å². The Bertz CT molecular complexity index is 549. The molecule has 1 aliphatic heterocycles. The SMILES string of the molecule is CC(C)(O[C@@H]1O[C@H](CO)[C@@H](O)[C@H](O)[C@H]1O)[C@H]1CC[C@]2(C)CCC[C@](C)(O)C2C1. The van der Waals surface area contributed by atoms with Gasteiger partial charge in [-0.15, -0.1) is 0 Å². The highest BCUT2D eigenvalue weighted by Gasteiger charge is 2.54. The van der Waals surface area contributed by atoms with Crippen LogP contribution in [0.15, 0.2) is 0 Å². The maximum Gasteiger partial charge on any atom is 0.187 e. The molecule has 2 saturated carbocycles. The summed E-state index contributed by atoms with van der Waals surface area (Å²) in [5, 5.41) is 50.7. The van der Waals surface area contributed by atoms with Crippen LogP contribution in [0.25, 0.3) is 0 Å². The first-order valence-electron chi connectivity index (χ1n) is 10.6. The zero-order valence-electron chi connectivity index (χ0n) is 17.5. The molecule has 0 bridgehead atoms. The lowest BCUT2D eigenvalue weighted by molar-refractivity contribution is -0.331. The third-order valence-electron chi connectivity index (χ3n) is 7.86. The lowest BCUT2D eigenvalue weighted by atomic mass is 9.52. The molecule has 5 N–H and O–H groups in total. The summed E-state index contributed by atoms with van der Waals surface area (Å²) in [7, 11) is 0. The predicted octanol–water partition coefficient (Wildman–Crippen LogP) is 0.939. The number of ether oxygens (including phenoxy) is 2. The second kappa shape index (κ2) is 7.76. The summed E-state index contributed by atoms with van der Waals surface area (Å²) in [5.41, 5.74) is -1.22. The van der Waals surface area contributed by atoms with Crippen molar-refractivity contribution >= 4 is 0 Å². The van der Waals surface area contributed by atoms with Gasteiger partial charge in [-0.05, 0) is 70.1 Å². The van der Waals surface area contributed by atoms with Crippen LogP contribution in [0.2, 0.25) is 0 Å². The van der Waals surface area contributed by atoms with E-state index in [4.69, 9.17) is 9.47 Å². The molecular formula is C21H38O7. The van der Waals surface area contributed by atoms with Gasteiger partial charge in [0.05, 0.1) is 17.8 Å². The monoisotopic (exact) mass is 402 g/mol. The average molecular weight is 403 g/mol. The quantitative estimate of drug-likeness (QED) is 0.475. The standard InChI is InChI=1S/C21H38O7/c1-19(2,28-18-17(25)16(24)15(23)13(11-22)27-18)12-6-9-20(3)7-5-8-21(4,26)14(20)10-12/h12-18,22-26H,5-11H2,1-4H3/t12-,13+,14?,15+,16-,17+,18-,20-,21-/m0/s1. The molecule has 0 spiro atoms. The van der Waals surface area contributed by atoms with E-state index in [2.05, 4.69) is 6.92 Å². The molecule has 2 aliphatic carbocycles. The molecule has 1 saturated heterocycles. The van der Waals surface area contributed by atoms with Crippen molar-refractivity contribution in [1.82, 2.24) is 0 Å². The highest BCUT2D eigenvalue weighted by molar-refractivity contribution is 5.03. The fourth-order valence-corrected chi connectivity index (χ4v) is 5.88. The van der Waals surface area contributed by atoms with Crippen LogP contribution in [0.1, 0.15) is 66.2 Å². The van der Waals surface area contributed by atoms with Crippen LogP contribution in [-0.2, 0) is 9.47 Å². The Morgan fingerprint density at radius 2 is 1.71 bits per heavy atom. The van der Waals surface area contributed by atoms with Crippen molar-refractivity contribution < 1.29 is 35.0 Å². The van der Waals surface area contributed by atoms with Crippen LogP contribution in [0.5, 0.6) is 0 Å². The van der Waals surface area contributed by atoms with E-state index in [1.54, 1.807) is 0 Å². The van der Waals surface area contributed by atoms with Crippen molar-refractivity contribution in [1.29, 1.82) is 0 Å². The lowest BCUT2D eigenvalue weighted by Gasteiger charge is -2.56. The Morgan fingerprint density at radius 1 is 1.04 bits per heavy atom. The first kappa shape index (κ1) is 22.4. The maximum absolute atomic E-state index is 11.0. The van der Waals surface area contributed by atoms with Crippen LogP contribution in [0, 0.1) is 17.3 Å². The molecular weight excluding hydrogens is 364 g/mol. The number of aliphatic hydroxyl groups excluding tert-OH is 4. The lowest BCUT2D eigenvalue weighted by Crippen LogP contribution is -2.61. The van der Waals surface area contributed by atoms with Crippen LogP contribution in [-0.4, -0.2) is 74.0 Å². The molecule has 3 aliphatic rings. The largest absolute Gasteiger partial charge is 0.394 e. The topological polar surface area (TPSA) is 120 Å². The number of rotatable bonds is 4. The van der Waals surface area contributed by atoms with Gasteiger partial charge in [0, 0.05) is 0 Å². The van der Waals surface area contributed by atoms with Gasteiger partial charge in [-0.3, -0.25) is 0 Å². The summed E-state index contributed by atoms with van der Waals surface area (Å²) < 4.78 is 11.7. The molecule has 0 aromatic heterocycles. The maximum atomic E-state index is 11.0. The van der Waals surface area contributed by atoms with Gasteiger partial charge >= 0.3 is 0 Å². The minimum atomic E-state index is -1.44. The number of fused-ring (bicyclic) bond motifs is 1. The Hall–Kier alpha value is -0.280. The third kappa shape index (κ3) is 4.00.